The van der Waals surface area contributed by atoms with Crippen LogP contribution in [0.5, 0.6) is 0 Å². The number of benzene rings is 9. The van der Waals surface area contributed by atoms with E-state index in [9.17, 15) is 0 Å². The fourth-order valence-electron chi connectivity index (χ4n) is 9.12. The molecule has 9 aromatic carbocycles. The van der Waals surface area contributed by atoms with Crippen LogP contribution in [0.2, 0.25) is 0 Å². The van der Waals surface area contributed by atoms with Gasteiger partial charge in [-0.15, -0.1) is 0 Å². The highest BCUT2D eigenvalue weighted by Gasteiger charge is 2.27. The highest BCUT2D eigenvalue weighted by atomic mass is 15.2. The van der Waals surface area contributed by atoms with Gasteiger partial charge in [-0.25, -0.2) is 0 Å². The Morgan fingerprint density at radius 2 is 0.845 bits per heavy atom. The van der Waals surface area contributed by atoms with Gasteiger partial charge in [-0.1, -0.05) is 115 Å². The number of rotatable bonds is 7. The standard InChI is InChI=1S/C54H40N4/c1-55-49-25-15-24-47-53-46-32-28-38(37-26-29-43(30-27-37)57(39-16-7-3-8-17-39)40-18-9-4-10-19-40)34-50(46)56(2)52(53)36-48(54(47)49)45-33-31-44(35-51(45)55)58(41-20-11-5-12-21-41)42-22-13-6-14-23-42/h3-36H,1-2H3. The van der Waals surface area contributed by atoms with Crippen LogP contribution in [0.3, 0.4) is 0 Å². The van der Waals surface area contributed by atoms with Gasteiger partial charge in [-0.3, -0.25) is 0 Å². The van der Waals surface area contributed by atoms with Crippen LogP contribution < -0.4 is 14.7 Å². The van der Waals surface area contributed by atoms with Crippen molar-refractivity contribution in [2.75, 3.05) is 21.7 Å². The molecule has 1 aromatic heterocycles. The number of anilines is 8. The molecule has 276 valence electrons. The first kappa shape index (κ1) is 33.8. The summed E-state index contributed by atoms with van der Waals surface area (Å²) in [4.78, 5) is 7.02. The van der Waals surface area contributed by atoms with E-state index in [1.54, 1.807) is 0 Å². The van der Waals surface area contributed by atoms with Crippen molar-refractivity contribution in [1.29, 1.82) is 0 Å². The summed E-state index contributed by atoms with van der Waals surface area (Å²) in [6, 6.07) is 74.5. The summed E-state index contributed by atoms with van der Waals surface area (Å²) >= 11 is 0. The molecule has 0 saturated carbocycles. The quantitative estimate of drug-likeness (QED) is 0.161. The van der Waals surface area contributed by atoms with Crippen molar-refractivity contribution in [3.63, 3.8) is 0 Å². The SMILES string of the molecule is CN1c2cc(N(c3ccccc3)c3ccccc3)ccc2-c2cc3c(c4cccc1c24)c1ccc(-c2ccc(N(c4ccccc4)c4ccccc4)cc2)cc1n3C. The van der Waals surface area contributed by atoms with E-state index in [1.165, 1.54) is 66.2 Å². The maximum absolute atomic E-state index is 2.43. The molecular formula is C54H40N4. The van der Waals surface area contributed by atoms with Gasteiger partial charge in [0.05, 0.1) is 11.2 Å². The van der Waals surface area contributed by atoms with E-state index in [2.05, 4.69) is 240 Å². The predicted molar refractivity (Wildman–Crippen MR) is 246 cm³/mol. The first-order valence-electron chi connectivity index (χ1n) is 19.9. The molecule has 0 aliphatic carbocycles. The topological polar surface area (TPSA) is 14.7 Å². The van der Waals surface area contributed by atoms with E-state index in [-0.39, 0.29) is 0 Å². The molecule has 4 nitrogen and oxygen atoms in total. The molecule has 0 bridgehead atoms. The van der Waals surface area contributed by atoms with Gasteiger partial charge in [0.1, 0.15) is 0 Å². The fraction of sp³-hybridized carbons (Fsp3) is 0.0370. The number of para-hydroxylation sites is 4. The molecule has 2 heterocycles. The minimum Gasteiger partial charge on any atom is -0.344 e. The molecule has 0 unspecified atom stereocenters. The van der Waals surface area contributed by atoms with E-state index in [4.69, 9.17) is 0 Å². The lowest BCUT2D eigenvalue weighted by Gasteiger charge is -2.33. The predicted octanol–water partition coefficient (Wildman–Crippen LogP) is 14.8. The van der Waals surface area contributed by atoms with Gasteiger partial charge in [0.2, 0.25) is 0 Å². The summed E-state index contributed by atoms with van der Waals surface area (Å²) in [6.45, 7) is 0. The van der Waals surface area contributed by atoms with Crippen LogP contribution in [-0.4, -0.2) is 11.6 Å². The van der Waals surface area contributed by atoms with E-state index in [0.29, 0.717) is 0 Å². The normalized spacial score (nSPS) is 11.9. The third-order valence-electron chi connectivity index (χ3n) is 11.9. The van der Waals surface area contributed by atoms with Gasteiger partial charge in [-0.2, -0.15) is 0 Å². The van der Waals surface area contributed by atoms with Crippen LogP contribution in [0, 0.1) is 0 Å². The average Bonchev–Trinajstić information content (AvgIpc) is 3.57. The Morgan fingerprint density at radius 3 is 1.43 bits per heavy atom. The van der Waals surface area contributed by atoms with Gasteiger partial charge < -0.3 is 19.3 Å². The summed E-state index contributed by atoms with van der Waals surface area (Å²) in [5.74, 6) is 0. The molecule has 58 heavy (non-hydrogen) atoms. The number of aromatic nitrogens is 1. The molecule has 0 saturated heterocycles. The second kappa shape index (κ2) is 13.6. The smallest absolute Gasteiger partial charge is 0.0509 e. The lowest BCUT2D eigenvalue weighted by molar-refractivity contribution is 1.01. The first-order valence-corrected chi connectivity index (χ1v) is 19.9. The fourth-order valence-corrected chi connectivity index (χ4v) is 9.12. The molecule has 0 radical (unpaired) electrons. The number of aryl methyl sites for hydroxylation is 1. The van der Waals surface area contributed by atoms with Crippen molar-refractivity contribution in [3.8, 4) is 22.3 Å². The summed E-state index contributed by atoms with van der Waals surface area (Å²) in [5.41, 5.74) is 16.5. The Labute approximate surface area is 338 Å². The van der Waals surface area contributed by atoms with E-state index in [0.717, 1.165) is 34.1 Å². The Bertz CT molecular complexity index is 3040. The first-order chi connectivity index (χ1) is 28.6. The summed E-state index contributed by atoms with van der Waals surface area (Å²) in [7, 11) is 4.42. The number of nitrogens with zero attached hydrogens (tertiary/aromatic N) is 4. The molecular weight excluding hydrogens is 705 g/mol. The molecule has 1 aliphatic heterocycles. The van der Waals surface area contributed by atoms with E-state index in [1.807, 2.05) is 0 Å². The highest BCUT2D eigenvalue weighted by molar-refractivity contribution is 6.28. The van der Waals surface area contributed by atoms with Gasteiger partial charge in [0, 0.05) is 81.1 Å². The van der Waals surface area contributed by atoms with Crippen LogP contribution in [0.4, 0.5) is 45.5 Å². The van der Waals surface area contributed by atoms with Gasteiger partial charge in [0.25, 0.3) is 0 Å². The van der Waals surface area contributed by atoms with Crippen molar-refractivity contribution in [1.82, 2.24) is 4.57 Å². The molecule has 0 atom stereocenters. The lowest BCUT2D eigenvalue weighted by Crippen LogP contribution is -2.16. The zero-order valence-electron chi connectivity index (χ0n) is 32.4. The van der Waals surface area contributed by atoms with Gasteiger partial charge in [-0.05, 0) is 113 Å². The molecule has 0 spiro atoms. The number of hydrogen-bond acceptors (Lipinski definition) is 3. The van der Waals surface area contributed by atoms with Crippen LogP contribution in [-0.2, 0) is 7.05 Å². The maximum Gasteiger partial charge on any atom is 0.0509 e. The Kier molecular flexibility index (Phi) is 7.90. The highest BCUT2D eigenvalue weighted by Crippen LogP contribution is 2.52. The number of fused-ring (bicyclic) bond motifs is 6. The van der Waals surface area contributed by atoms with Crippen molar-refractivity contribution < 1.29 is 0 Å². The third-order valence-corrected chi connectivity index (χ3v) is 11.9. The Hall–Kier alpha value is -7.56. The maximum atomic E-state index is 2.43. The van der Waals surface area contributed by atoms with E-state index < -0.39 is 0 Å². The zero-order valence-corrected chi connectivity index (χ0v) is 32.4. The van der Waals surface area contributed by atoms with Crippen LogP contribution in [0.1, 0.15) is 0 Å². The second-order valence-corrected chi connectivity index (χ2v) is 15.1. The molecule has 1 aliphatic rings. The molecule has 10 aromatic rings. The van der Waals surface area contributed by atoms with Crippen LogP contribution in [0.25, 0.3) is 54.8 Å². The van der Waals surface area contributed by atoms with Gasteiger partial charge >= 0.3 is 0 Å². The number of hydrogen-bond donors (Lipinski definition) is 0. The van der Waals surface area contributed by atoms with Crippen molar-refractivity contribution in [3.05, 3.63) is 206 Å². The third kappa shape index (κ3) is 5.37. The second-order valence-electron chi connectivity index (χ2n) is 15.1. The summed E-state index contributed by atoms with van der Waals surface area (Å²) in [5, 5.41) is 5.15. The molecule has 0 fully saturated rings. The monoisotopic (exact) mass is 744 g/mol. The minimum absolute atomic E-state index is 1.12. The molecule has 11 rings (SSSR count). The summed E-state index contributed by atoms with van der Waals surface area (Å²) < 4.78 is 2.39. The van der Waals surface area contributed by atoms with Crippen molar-refractivity contribution in [2.24, 2.45) is 7.05 Å². The van der Waals surface area contributed by atoms with E-state index >= 15 is 0 Å². The molecule has 4 heteroatoms. The van der Waals surface area contributed by atoms with Gasteiger partial charge in [0.15, 0.2) is 0 Å². The van der Waals surface area contributed by atoms with Crippen molar-refractivity contribution in [2.45, 2.75) is 0 Å². The zero-order chi connectivity index (χ0) is 38.7. The Balaban J connectivity index is 1.02. The van der Waals surface area contributed by atoms with Crippen molar-refractivity contribution >= 4 is 78.1 Å². The lowest BCUT2D eigenvalue weighted by atomic mass is 9.89. The largest absolute Gasteiger partial charge is 0.344 e. The average molecular weight is 745 g/mol. The Morgan fingerprint density at radius 1 is 0.328 bits per heavy atom. The minimum atomic E-state index is 1.12. The molecule has 0 N–H and O–H groups in total. The van der Waals surface area contributed by atoms with Crippen LogP contribution in [0.15, 0.2) is 206 Å². The molecule has 0 amide bonds. The van der Waals surface area contributed by atoms with Crippen LogP contribution >= 0.6 is 0 Å². The summed E-state index contributed by atoms with van der Waals surface area (Å²) in [6.07, 6.45) is 0.